The molecule has 0 spiro atoms. The Kier molecular flexibility index (Phi) is 4.21. The number of aromatic nitrogens is 1. The van der Waals surface area contributed by atoms with Crippen molar-refractivity contribution in [2.75, 3.05) is 0 Å². The van der Waals surface area contributed by atoms with E-state index in [1.807, 2.05) is 48.5 Å². The topological polar surface area (TPSA) is 60.5 Å². The molecule has 4 nitrogen and oxygen atoms in total. The number of para-hydroxylation sites is 1. The van der Waals surface area contributed by atoms with E-state index in [4.69, 9.17) is 22.2 Å². The first-order chi connectivity index (χ1) is 10.8. The van der Waals surface area contributed by atoms with Crippen LogP contribution < -0.4 is 10.6 Å². The number of hydrazone groups is 1. The Morgan fingerprint density at radius 1 is 1.14 bits per heavy atom. The number of benzene rings is 2. The average Bonchev–Trinajstić information content (AvgIpc) is 2.55. The van der Waals surface area contributed by atoms with Gasteiger partial charge in [0, 0.05) is 22.2 Å². The Morgan fingerprint density at radius 3 is 2.73 bits per heavy atom. The van der Waals surface area contributed by atoms with Gasteiger partial charge in [0.15, 0.2) is 0 Å². The number of nitrogens with two attached hydrogens (primary N) is 1. The Balaban J connectivity index is 1.90. The van der Waals surface area contributed by atoms with Gasteiger partial charge in [0.25, 0.3) is 0 Å². The lowest BCUT2D eigenvalue weighted by Gasteiger charge is -2.10. The van der Waals surface area contributed by atoms with Gasteiger partial charge in [-0.05, 0) is 29.8 Å². The van der Waals surface area contributed by atoms with Crippen LogP contribution in [-0.4, -0.2) is 11.2 Å². The van der Waals surface area contributed by atoms with Crippen molar-refractivity contribution in [3.8, 4) is 5.75 Å². The number of hydrogen-bond donors (Lipinski definition) is 1. The SMILES string of the molecule is NN=Cc1ccnc2c(OCc3ccc(Cl)cc3)cccc12. The van der Waals surface area contributed by atoms with Crippen molar-refractivity contribution in [1.82, 2.24) is 4.98 Å². The van der Waals surface area contributed by atoms with Gasteiger partial charge in [0.05, 0.1) is 6.21 Å². The van der Waals surface area contributed by atoms with Crippen molar-refractivity contribution in [3.63, 3.8) is 0 Å². The van der Waals surface area contributed by atoms with Crippen LogP contribution in [0.1, 0.15) is 11.1 Å². The highest BCUT2D eigenvalue weighted by atomic mass is 35.5. The van der Waals surface area contributed by atoms with E-state index in [1.165, 1.54) is 0 Å². The summed E-state index contributed by atoms with van der Waals surface area (Å²) in [5.41, 5.74) is 2.74. The normalized spacial score (nSPS) is 11.1. The summed E-state index contributed by atoms with van der Waals surface area (Å²) in [6.07, 6.45) is 3.32. The molecule has 110 valence electrons. The standard InChI is InChI=1S/C17H14ClN3O/c18-14-6-4-12(5-7-14)11-22-16-3-1-2-15-13(10-21-19)8-9-20-17(15)16/h1-10H,11,19H2. The number of pyridine rings is 1. The highest BCUT2D eigenvalue weighted by Gasteiger charge is 2.06. The van der Waals surface area contributed by atoms with Crippen molar-refractivity contribution in [2.45, 2.75) is 6.61 Å². The van der Waals surface area contributed by atoms with E-state index < -0.39 is 0 Å². The monoisotopic (exact) mass is 311 g/mol. The molecule has 0 aliphatic rings. The lowest BCUT2D eigenvalue weighted by Crippen LogP contribution is -1.98. The van der Waals surface area contributed by atoms with E-state index >= 15 is 0 Å². The summed E-state index contributed by atoms with van der Waals surface area (Å²) in [5.74, 6) is 5.97. The van der Waals surface area contributed by atoms with Gasteiger partial charge in [0.2, 0.25) is 0 Å². The number of ether oxygens (including phenoxy) is 1. The van der Waals surface area contributed by atoms with Crippen LogP contribution in [0.3, 0.4) is 0 Å². The first-order valence-electron chi connectivity index (χ1n) is 6.76. The van der Waals surface area contributed by atoms with Gasteiger partial charge >= 0.3 is 0 Å². The van der Waals surface area contributed by atoms with Crippen LogP contribution in [-0.2, 0) is 6.61 Å². The van der Waals surface area contributed by atoms with Crippen molar-refractivity contribution < 1.29 is 4.74 Å². The minimum Gasteiger partial charge on any atom is -0.487 e. The predicted octanol–water partition coefficient (Wildman–Crippen LogP) is 3.76. The van der Waals surface area contributed by atoms with Crippen molar-refractivity contribution in [1.29, 1.82) is 0 Å². The molecule has 0 saturated heterocycles. The molecule has 0 saturated carbocycles. The number of halogens is 1. The fraction of sp³-hybridized carbons (Fsp3) is 0.0588. The smallest absolute Gasteiger partial charge is 0.146 e. The third-order valence-corrected chi connectivity index (χ3v) is 3.54. The van der Waals surface area contributed by atoms with Gasteiger partial charge in [-0.25, -0.2) is 0 Å². The lowest BCUT2D eigenvalue weighted by atomic mass is 10.1. The van der Waals surface area contributed by atoms with Gasteiger partial charge in [-0.2, -0.15) is 5.10 Å². The first kappa shape index (κ1) is 14.4. The zero-order valence-electron chi connectivity index (χ0n) is 11.7. The average molecular weight is 312 g/mol. The van der Waals surface area contributed by atoms with Crippen molar-refractivity contribution in [2.24, 2.45) is 10.9 Å². The zero-order valence-corrected chi connectivity index (χ0v) is 12.5. The lowest BCUT2D eigenvalue weighted by molar-refractivity contribution is 0.309. The molecule has 0 radical (unpaired) electrons. The highest BCUT2D eigenvalue weighted by molar-refractivity contribution is 6.30. The largest absolute Gasteiger partial charge is 0.487 e. The van der Waals surface area contributed by atoms with Crippen LogP contribution in [0.15, 0.2) is 59.8 Å². The molecular weight excluding hydrogens is 298 g/mol. The summed E-state index contributed by atoms with van der Waals surface area (Å²) >= 11 is 5.88. The fourth-order valence-corrected chi connectivity index (χ4v) is 2.35. The summed E-state index contributed by atoms with van der Waals surface area (Å²) < 4.78 is 5.90. The molecule has 3 rings (SSSR count). The molecular formula is C17H14ClN3O. The Morgan fingerprint density at radius 2 is 1.95 bits per heavy atom. The van der Waals surface area contributed by atoms with Crippen molar-refractivity contribution >= 4 is 28.7 Å². The molecule has 0 atom stereocenters. The second-order valence-corrected chi connectivity index (χ2v) is 5.18. The van der Waals surface area contributed by atoms with Crippen LogP contribution in [0.25, 0.3) is 10.9 Å². The van der Waals surface area contributed by atoms with Gasteiger partial charge in [0.1, 0.15) is 17.9 Å². The first-order valence-corrected chi connectivity index (χ1v) is 7.14. The molecule has 5 heteroatoms. The summed E-state index contributed by atoms with van der Waals surface area (Å²) in [6, 6.07) is 15.2. The molecule has 2 N–H and O–H groups in total. The molecule has 1 aromatic heterocycles. The van der Waals surface area contributed by atoms with E-state index in [-0.39, 0.29) is 0 Å². The van der Waals surface area contributed by atoms with E-state index in [1.54, 1.807) is 12.4 Å². The molecule has 2 aromatic carbocycles. The van der Waals surface area contributed by atoms with Crippen LogP contribution in [0, 0.1) is 0 Å². The molecule has 0 aliphatic heterocycles. The maximum atomic E-state index is 5.90. The maximum Gasteiger partial charge on any atom is 0.146 e. The Hall–Kier alpha value is -2.59. The summed E-state index contributed by atoms with van der Waals surface area (Å²) in [6.45, 7) is 0.452. The van der Waals surface area contributed by atoms with E-state index in [0.29, 0.717) is 11.6 Å². The third kappa shape index (κ3) is 3.02. The van der Waals surface area contributed by atoms with Crippen LogP contribution in [0.5, 0.6) is 5.75 Å². The number of fused-ring (bicyclic) bond motifs is 1. The summed E-state index contributed by atoms with van der Waals surface area (Å²) in [7, 11) is 0. The molecule has 22 heavy (non-hydrogen) atoms. The fourth-order valence-electron chi connectivity index (χ4n) is 2.22. The Labute approximate surface area is 133 Å². The minimum atomic E-state index is 0.452. The van der Waals surface area contributed by atoms with Crippen molar-refractivity contribution in [3.05, 3.63) is 70.9 Å². The quantitative estimate of drug-likeness (QED) is 0.453. The molecule has 3 aromatic rings. The van der Waals surface area contributed by atoms with E-state index in [9.17, 15) is 0 Å². The van der Waals surface area contributed by atoms with Crippen LogP contribution >= 0.6 is 11.6 Å². The van der Waals surface area contributed by atoms with E-state index in [0.717, 1.165) is 27.8 Å². The van der Waals surface area contributed by atoms with Crippen LogP contribution in [0.4, 0.5) is 0 Å². The Bertz CT molecular complexity index is 816. The minimum absolute atomic E-state index is 0.452. The number of hydrogen-bond acceptors (Lipinski definition) is 4. The van der Waals surface area contributed by atoms with Gasteiger partial charge in [-0.3, -0.25) is 4.98 Å². The molecule has 0 amide bonds. The van der Waals surface area contributed by atoms with Crippen LogP contribution in [0.2, 0.25) is 5.02 Å². The summed E-state index contributed by atoms with van der Waals surface area (Å²) in [5, 5.41) is 5.24. The second kappa shape index (κ2) is 6.45. The third-order valence-electron chi connectivity index (χ3n) is 3.29. The van der Waals surface area contributed by atoms with Gasteiger partial charge < -0.3 is 10.6 Å². The molecule has 0 bridgehead atoms. The van der Waals surface area contributed by atoms with Gasteiger partial charge in [-0.15, -0.1) is 0 Å². The molecule has 1 heterocycles. The van der Waals surface area contributed by atoms with E-state index in [2.05, 4.69) is 10.1 Å². The van der Waals surface area contributed by atoms with Gasteiger partial charge in [-0.1, -0.05) is 35.9 Å². The molecule has 0 unspecified atom stereocenters. The number of nitrogens with zero attached hydrogens (tertiary/aromatic N) is 2. The maximum absolute atomic E-state index is 5.90. The molecule has 0 aliphatic carbocycles. The second-order valence-electron chi connectivity index (χ2n) is 4.75. The predicted molar refractivity (Wildman–Crippen MR) is 89.3 cm³/mol. The number of rotatable bonds is 4. The highest BCUT2D eigenvalue weighted by Crippen LogP contribution is 2.26. The zero-order chi connectivity index (χ0) is 15.4. The molecule has 0 fully saturated rings. The summed E-state index contributed by atoms with van der Waals surface area (Å²) in [4.78, 5) is 4.40.